The summed E-state index contributed by atoms with van der Waals surface area (Å²) in [5.74, 6) is -1.24. The minimum atomic E-state index is -1.56. The summed E-state index contributed by atoms with van der Waals surface area (Å²) in [5, 5.41) is 0.439. The van der Waals surface area contributed by atoms with Crippen molar-refractivity contribution < 1.29 is 14.4 Å². The summed E-state index contributed by atoms with van der Waals surface area (Å²) in [5.41, 5.74) is 1.68. The molecule has 0 saturated heterocycles. The van der Waals surface area contributed by atoms with E-state index in [2.05, 4.69) is 6.58 Å². The second-order valence-corrected chi connectivity index (χ2v) is 8.37. The van der Waals surface area contributed by atoms with Crippen LogP contribution in [0.15, 0.2) is 79.4 Å². The number of fused-ring (bicyclic) bond motifs is 3. The van der Waals surface area contributed by atoms with Gasteiger partial charge in [-0.05, 0) is 29.3 Å². The first-order valence-electron chi connectivity index (χ1n) is 10.2. The number of anilines is 1. The van der Waals surface area contributed by atoms with Crippen LogP contribution in [0.2, 0.25) is 5.02 Å². The molecule has 0 fully saturated rings. The number of carbonyl (C=O) groups excluding carboxylic acids is 3. The number of carbonyl (C=O) groups is 3. The molecule has 5 rings (SSSR count). The highest BCUT2D eigenvalue weighted by atomic mass is 35.5. The Labute approximate surface area is 190 Å². The SMILES string of the molecule is C=C1c2ccc(Cl)cc2N(C(C)=O)C12C(=O)N(Cc1ccccc1)C(=O)c1ccccc12. The van der Waals surface area contributed by atoms with Gasteiger partial charge in [0.2, 0.25) is 5.91 Å². The van der Waals surface area contributed by atoms with Crippen molar-refractivity contribution in [2.45, 2.75) is 19.0 Å². The van der Waals surface area contributed by atoms with Gasteiger partial charge in [-0.15, -0.1) is 0 Å². The second kappa shape index (κ2) is 7.18. The van der Waals surface area contributed by atoms with Gasteiger partial charge in [0, 0.05) is 28.6 Å². The van der Waals surface area contributed by atoms with Crippen molar-refractivity contribution in [2.75, 3.05) is 4.90 Å². The van der Waals surface area contributed by atoms with Crippen molar-refractivity contribution in [3.63, 3.8) is 0 Å². The Morgan fingerprint density at radius 1 is 0.969 bits per heavy atom. The lowest BCUT2D eigenvalue weighted by Gasteiger charge is -2.45. The Bertz CT molecular complexity index is 1320. The minimum absolute atomic E-state index is 0.0880. The fourth-order valence-electron chi connectivity index (χ4n) is 4.81. The number of rotatable bonds is 2. The number of halogens is 1. The number of hydrogen-bond acceptors (Lipinski definition) is 3. The number of hydrogen-bond donors (Lipinski definition) is 0. The Kier molecular flexibility index (Phi) is 4.53. The van der Waals surface area contributed by atoms with Gasteiger partial charge < -0.3 is 0 Å². The van der Waals surface area contributed by atoms with Crippen LogP contribution in [0.3, 0.4) is 0 Å². The summed E-state index contributed by atoms with van der Waals surface area (Å²) in [4.78, 5) is 43.3. The third-order valence-electron chi connectivity index (χ3n) is 6.14. The van der Waals surface area contributed by atoms with Crippen LogP contribution < -0.4 is 4.90 Å². The molecule has 2 aliphatic heterocycles. The molecule has 0 N–H and O–H groups in total. The summed E-state index contributed by atoms with van der Waals surface area (Å²) in [6.45, 7) is 5.74. The summed E-state index contributed by atoms with van der Waals surface area (Å²) < 4.78 is 0. The molecular weight excluding hydrogens is 424 g/mol. The van der Waals surface area contributed by atoms with Crippen molar-refractivity contribution in [3.05, 3.63) is 107 Å². The van der Waals surface area contributed by atoms with E-state index in [0.29, 0.717) is 33.0 Å². The maximum Gasteiger partial charge on any atom is 0.265 e. The Morgan fingerprint density at radius 2 is 1.66 bits per heavy atom. The molecule has 1 unspecified atom stereocenters. The molecule has 3 aromatic rings. The average Bonchev–Trinajstić information content (AvgIpc) is 3.05. The third-order valence-corrected chi connectivity index (χ3v) is 6.38. The predicted octanol–water partition coefficient (Wildman–Crippen LogP) is 4.80. The van der Waals surface area contributed by atoms with Crippen molar-refractivity contribution in [2.24, 2.45) is 0 Å². The van der Waals surface area contributed by atoms with Gasteiger partial charge >= 0.3 is 0 Å². The normalized spacial score (nSPS) is 19.4. The van der Waals surface area contributed by atoms with E-state index in [1.54, 1.807) is 42.5 Å². The standard InChI is InChI=1S/C26H19ClN2O3/c1-16-20-13-12-19(27)14-23(20)29(17(2)30)26(16)22-11-7-6-10-21(22)24(31)28(25(26)32)15-18-8-4-3-5-9-18/h3-14H,1,15H2,2H3. The van der Waals surface area contributed by atoms with Crippen LogP contribution in [0.25, 0.3) is 5.57 Å². The fraction of sp³-hybridized carbons (Fsp3) is 0.115. The zero-order chi connectivity index (χ0) is 22.6. The van der Waals surface area contributed by atoms with Gasteiger partial charge in [-0.3, -0.25) is 24.2 Å². The lowest BCUT2D eigenvalue weighted by atomic mass is 9.75. The van der Waals surface area contributed by atoms with E-state index in [-0.39, 0.29) is 12.5 Å². The Morgan fingerprint density at radius 3 is 2.38 bits per heavy atom. The largest absolute Gasteiger partial charge is 0.288 e. The molecule has 0 bridgehead atoms. The molecular formula is C26H19ClN2O3. The first-order valence-corrected chi connectivity index (χ1v) is 10.5. The molecule has 5 nitrogen and oxygen atoms in total. The van der Waals surface area contributed by atoms with E-state index < -0.39 is 17.4 Å². The molecule has 1 spiro atoms. The number of imide groups is 1. The third kappa shape index (κ3) is 2.61. The van der Waals surface area contributed by atoms with E-state index in [0.717, 1.165) is 5.56 Å². The molecule has 0 aliphatic carbocycles. The van der Waals surface area contributed by atoms with Gasteiger partial charge in [0.05, 0.1) is 12.2 Å². The summed E-state index contributed by atoms with van der Waals surface area (Å²) in [6, 6.07) is 21.3. The first kappa shape index (κ1) is 20.2. The molecule has 0 saturated carbocycles. The van der Waals surface area contributed by atoms with Crippen LogP contribution in [0.4, 0.5) is 5.69 Å². The molecule has 6 heteroatoms. The Balaban J connectivity index is 1.79. The average molecular weight is 443 g/mol. The molecule has 2 aliphatic rings. The predicted molar refractivity (Wildman–Crippen MR) is 123 cm³/mol. The maximum atomic E-state index is 14.2. The van der Waals surface area contributed by atoms with Gasteiger partial charge in [-0.2, -0.15) is 0 Å². The molecule has 0 radical (unpaired) electrons. The fourth-order valence-corrected chi connectivity index (χ4v) is 4.98. The monoisotopic (exact) mass is 442 g/mol. The molecule has 3 aromatic carbocycles. The van der Waals surface area contributed by atoms with Gasteiger partial charge in [-0.1, -0.05) is 72.8 Å². The molecule has 2 heterocycles. The maximum absolute atomic E-state index is 14.2. The quantitative estimate of drug-likeness (QED) is 0.536. The van der Waals surface area contributed by atoms with Crippen LogP contribution in [0.1, 0.15) is 34.0 Å². The van der Waals surface area contributed by atoms with E-state index >= 15 is 0 Å². The number of benzene rings is 3. The van der Waals surface area contributed by atoms with Crippen LogP contribution in [-0.2, 0) is 21.7 Å². The highest BCUT2D eigenvalue weighted by molar-refractivity contribution is 6.32. The zero-order valence-electron chi connectivity index (χ0n) is 17.3. The van der Waals surface area contributed by atoms with E-state index in [1.807, 2.05) is 30.3 Å². The summed E-state index contributed by atoms with van der Waals surface area (Å²) in [7, 11) is 0. The molecule has 0 aromatic heterocycles. The lowest BCUT2D eigenvalue weighted by Crippen LogP contribution is -2.61. The summed E-state index contributed by atoms with van der Waals surface area (Å²) >= 11 is 6.25. The van der Waals surface area contributed by atoms with Crippen LogP contribution >= 0.6 is 11.6 Å². The zero-order valence-corrected chi connectivity index (χ0v) is 18.1. The van der Waals surface area contributed by atoms with Gasteiger partial charge in [0.25, 0.3) is 11.8 Å². The van der Waals surface area contributed by atoms with Crippen molar-refractivity contribution >= 4 is 40.6 Å². The smallest absolute Gasteiger partial charge is 0.265 e. The van der Waals surface area contributed by atoms with E-state index in [9.17, 15) is 14.4 Å². The lowest BCUT2D eigenvalue weighted by molar-refractivity contribution is -0.135. The van der Waals surface area contributed by atoms with Crippen LogP contribution in [0, 0.1) is 0 Å². The van der Waals surface area contributed by atoms with Gasteiger partial charge in [0.1, 0.15) is 0 Å². The van der Waals surface area contributed by atoms with Crippen molar-refractivity contribution in [1.82, 2.24) is 4.90 Å². The molecule has 1 atom stereocenters. The molecule has 32 heavy (non-hydrogen) atoms. The van der Waals surface area contributed by atoms with E-state index in [4.69, 9.17) is 11.6 Å². The minimum Gasteiger partial charge on any atom is -0.288 e. The topological polar surface area (TPSA) is 57.7 Å². The number of amides is 3. The number of nitrogens with zero attached hydrogens (tertiary/aromatic N) is 2. The van der Waals surface area contributed by atoms with Gasteiger partial charge in [0.15, 0.2) is 5.54 Å². The molecule has 3 amide bonds. The van der Waals surface area contributed by atoms with E-state index in [1.165, 1.54) is 16.7 Å². The van der Waals surface area contributed by atoms with Crippen LogP contribution in [0.5, 0.6) is 0 Å². The van der Waals surface area contributed by atoms with Crippen molar-refractivity contribution in [1.29, 1.82) is 0 Å². The van der Waals surface area contributed by atoms with Gasteiger partial charge in [-0.25, -0.2) is 0 Å². The highest BCUT2D eigenvalue weighted by Gasteiger charge is 2.61. The summed E-state index contributed by atoms with van der Waals surface area (Å²) in [6.07, 6.45) is 0. The second-order valence-electron chi connectivity index (χ2n) is 7.93. The first-order chi connectivity index (χ1) is 15.4. The van der Waals surface area contributed by atoms with Crippen LogP contribution in [-0.4, -0.2) is 22.6 Å². The Hall–Kier alpha value is -3.70. The van der Waals surface area contributed by atoms with Crippen molar-refractivity contribution in [3.8, 4) is 0 Å². The molecule has 158 valence electrons. The highest BCUT2D eigenvalue weighted by Crippen LogP contribution is 2.56.